The summed E-state index contributed by atoms with van der Waals surface area (Å²) in [5.74, 6) is -1.14. The Morgan fingerprint density at radius 1 is 1.00 bits per heavy atom. The van der Waals surface area contributed by atoms with E-state index in [0.717, 1.165) is 21.7 Å². The molecule has 0 saturated carbocycles. The number of methoxy groups -OCH3 is 1. The Hall–Kier alpha value is -3.95. The molecule has 0 unspecified atom stereocenters. The Bertz CT molecular complexity index is 1440. The fourth-order valence-corrected chi connectivity index (χ4v) is 3.98. The van der Waals surface area contributed by atoms with Gasteiger partial charge in [-0.05, 0) is 23.8 Å². The minimum atomic E-state index is -0.842. The van der Waals surface area contributed by atoms with Crippen molar-refractivity contribution in [2.75, 3.05) is 7.11 Å². The summed E-state index contributed by atoms with van der Waals surface area (Å²) in [6.45, 7) is 0.239. The van der Waals surface area contributed by atoms with Gasteiger partial charge in [0, 0.05) is 22.5 Å². The molecule has 0 aliphatic heterocycles. The van der Waals surface area contributed by atoms with E-state index >= 15 is 0 Å². The number of hydrogen-bond donors (Lipinski definition) is 2. The number of hydrazine groups is 1. The maximum atomic E-state index is 12.9. The molecule has 0 bridgehead atoms. The van der Waals surface area contributed by atoms with Crippen molar-refractivity contribution in [2.45, 2.75) is 19.1 Å². The van der Waals surface area contributed by atoms with Crippen LogP contribution in [0.5, 0.6) is 5.75 Å². The number of ether oxygens (including phenoxy) is 2. The van der Waals surface area contributed by atoms with E-state index in [1.165, 1.54) is 7.11 Å². The van der Waals surface area contributed by atoms with Gasteiger partial charge in [0.25, 0.3) is 0 Å². The molecule has 4 rings (SSSR count). The van der Waals surface area contributed by atoms with Crippen molar-refractivity contribution in [3.05, 3.63) is 110 Å². The zero-order valence-corrected chi connectivity index (χ0v) is 20.9. The Morgan fingerprint density at radius 3 is 2.50 bits per heavy atom. The molecule has 0 aliphatic carbocycles. The Morgan fingerprint density at radius 2 is 1.75 bits per heavy atom. The summed E-state index contributed by atoms with van der Waals surface area (Å²) in [6.07, 6.45) is 0.285. The van der Waals surface area contributed by atoms with Gasteiger partial charge in [-0.2, -0.15) is 0 Å². The Labute approximate surface area is 215 Å². The lowest BCUT2D eigenvalue weighted by Gasteiger charge is -2.17. The van der Waals surface area contributed by atoms with Crippen LogP contribution in [0.3, 0.4) is 0 Å². The molecule has 4 aromatic rings. The molecule has 1 aromatic heterocycles. The highest BCUT2D eigenvalue weighted by Crippen LogP contribution is 2.25. The third-order valence-corrected chi connectivity index (χ3v) is 6.18. The number of carbonyl (C=O) groups excluding carboxylic acids is 2. The Kier molecular flexibility index (Phi) is 8.14. The van der Waals surface area contributed by atoms with E-state index in [1.54, 1.807) is 18.2 Å². The quantitative estimate of drug-likeness (QED) is 0.238. The molecule has 1 amide bonds. The Balaban J connectivity index is 1.50. The number of esters is 1. The first-order chi connectivity index (χ1) is 17.5. The first kappa shape index (κ1) is 25.2. The second-order valence-electron chi connectivity index (χ2n) is 7.85. The van der Waals surface area contributed by atoms with Gasteiger partial charge in [-0.1, -0.05) is 70.5 Å². The highest BCUT2D eigenvalue weighted by Gasteiger charge is 2.22. The van der Waals surface area contributed by atoms with E-state index in [0.29, 0.717) is 5.75 Å². The van der Waals surface area contributed by atoms with E-state index in [-0.39, 0.29) is 29.8 Å². The molecule has 0 saturated heterocycles. The van der Waals surface area contributed by atoms with Gasteiger partial charge in [0.15, 0.2) is 11.2 Å². The topological polar surface area (TPSA) is 107 Å². The van der Waals surface area contributed by atoms with Crippen molar-refractivity contribution in [1.82, 2.24) is 10.9 Å². The first-order valence-electron chi connectivity index (χ1n) is 11.1. The predicted molar refractivity (Wildman–Crippen MR) is 138 cm³/mol. The summed E-state index contributed by atoms with van der Waals surface area (Å²) in [5.41, 5.74) is 6.67. The summed E-state index contributed by atoms with van der Waals surface area (Å²) in [7, 11) is 1.27. The van der Waals surface area contributed by atoms with E-state index in [4.69, 9.17) is 13.9 Å². The van der Waals surface area contributed by atoms with Crippen LogP contribution >= 0.6 is 15.9 Å². The standard InChI is InChI=1S/C27H23BrN2O6/c1-34-27(33)20(14-17-8-3-2-4-9-17)29-30-26(32)24-15-21(31)25-22(12-7-13-23(25)36-24)35-16-18-10-5-6-11-19(18)28/h2-13,15,20,29H,14,16H2,1H3,(H,30,32)/t20-/m0/s1. The lowest BCUT2D eigenvalue weighted by Crippen LogP contribution is -2.49. The van der Waals surface area contributed by atoms with Crippen molar-refractivity contribution in [3.8, 4) is 5.75 Å². The van der Waals surface area contributed by atoms with Crippen LogP contribution in [0.1, 0.15) is 21.7 Å². The van der Waals surface area contributed by atoms with Gasteiger partial charge >= 0.3 is 11.9 Å². The van der Waals surface area contributed by atoms with Crippen molar-refractivity contribution in [2.24, 2.45) is 0 Å². The maximum Gasteiger partial charge on any atom is 0.325 e. The van der Waals surface area contributed by atoms with Crippen LogP contribution in [0.15, 0.2) is 92.5 Å². The van der Waals surface area contributed by atoms with Gasteiger partial charge in [0.05, 0.1) is 7.11 Å². The number of hydrogen-bond acceptors (Lipinski definition) is 7. The largest absolute Gasteiger partial charge is 0.488 e. The molecule has 1 heterocycles. The second kappa shape index (κ2) is 11.7. The molecular formula is C27H23BrN2O6. The molecular weight excluding hydrogens is 528 g/mol. The number of benzene rings is 3. The van der Waals surface area contributed by atoms with Gasteiger partial charge < -0.3 is 13.9 Å². The minimum Gasteiger partial charge on any atom is -0.488 e. The summed E-state index contributed by atoms with van der Waals surface area (Å²) in [4.78, 5) is 37.9. The SMILES string of the molecule is COC(=O)[C@H](Cc1ccccc1)NNC(=O)c1cc(=O)c2c(OCc3ccccc3Br)cccc2o1. The number of nitrogens with one attached hydrogen (secondary N) is 2. The van der Waals surface area contributed by atoms with Crippen LogP contribution in [-0.2, 0) is 22.6 Å². The number of halogens is 1. The third-order valence-electron chi connectivity index (χ3n) is 5.41. The predicted octanol–water partition coefficient (Wildman–Crippen LogP) is 4.15. The minimum absolute atomic E-state index is 0.200. The van der Waals surface area contributed by atoms with Crippen molar-refractivity contribution >= 4 is 38.8 Å². The van der Waals surface area contributed by atoms with Crippen LogP contribution in [0, 0.1) is 0 Å². The molecule has 3 aromatic carbocycles. The lowest BCUT2D eigenvalue weighted by molar-refractivity contribution is -0.143. The highest BCUT2D eigenvalue weighted by atomic mass is 79.9. The summed E-state index contributed by atoms with van der Waals surface area (Å²) >= 11 is 3.48. The van der Waals surface area contributed by atoms with Gasteiger partial charge in [-0.25, -0.2) is 5.43 Å². The average Bonchev–Trinajstić information content (AvgIpc) is 2.90. The van der Waals surface area contributed by atoms with Crippen LogP contribution < -0.4 is 21.0 Å². The van der Waals surface area contributed by atoms with Crippen LogP contribution in [0.2, 0.25) is 0 Å². The van der Waals surface area contributed by atoms with Crippen LogP contribution in [0.4, 0.5) is 0 Å². The van der Waals surface area contributed by atoms with E-state index in [9.17, 15) is 14.4 Å². The van der Waals surface area contributed by atoms with Gasteiger partial charge in [0.1, 0.15) is 29.4 Å². The fraction of sp³-hybridized carbons (Fsp3) is 0.148. The van der Waals surface area contributed by atoms with Crippen molar-refractivity contribution < 1.29 is 23.5 Å². The molecule has 9 heteroatoms. The van der Waals surface area contributed by atoms with Crippen LogP contribution in [-0.4, -0.2) is 25.0 Å². The second-order valence-corrected chi connectivity index (χ2v) is 8.70. The summed E-state index contributed by atoms with van der Waals surface area (Å²) in [5, 5.41) is 0.227. The molecule has 0 radical (unpaired) electrons. The van der Waals surface area contributed by atoms with Gasteiger partial charge in [-0.3, -0.25) is 19.8 Å². The number of rotatable bonds is 9. The zero-order chi connectivity index (χ0) is 25.5. The maximum absolute atomic E-state index is 12.9. The fourth-order valence-electron chi connectivity index (χ4n) is 3.58. The van der Waals surface area contributed by atoms with Gasteiger partial charge in [-0.15, -0.1) is 0 Å². The van der Waals surface area contributed by atoms with Gasteiger partial charge in [0.2, 0.25) is 0 Å². The first-order valence-corrected chi connectivity index (χ1v) is 11.9. The molecule has 36 heavy (non-hydrogen) atoms. The molecule has 2 N–H and O–H groups in total. The smallest absolute Gasteiger partial charge is 0.325 e. The molecule has 0 fully saturated rings. The molecule has 0 aliphatic rings. The molecule has 1 atom stereocenters. The number of carbonyl (C=O) groups is 2. The van der Waals surface area contributed by atoms with Crippen molar-refractivity contribution in [1.29, 1.82) is 0 Å². The van der Waals surface area contributed by atoms with E-state index < -0.39 is 23.3 Å². The average molecular weight is 551 g/mol. The number of fused-ring (bicyclic) bond motifs is 1. The highest BCUT2D eigenvalue weighted by molar-refractivity contribution is 9.10. The van der Waals surface area contributed by atoms with E-state index in [2.05, 4.69) is 26.8 Å². The van der Waals surface area contributed by atoms with Crippen LogP contribution in [0.25, 0.3) is 11.0 Å². The van der Waals surface area contributed by atoms with Crippen molar-refractivity contribution in [3.63, 3.8) is 0 Å². The third kappa shape index (κ3) is 5.99. The zero-order valence-electron chi connectivity index (χ0n) is 19.3. The lowest BCUT2D eigenvalue weighted by atomic mass is 10.1. The summed E-state index contributed by atoms with van der Waals surface area (Å²) < 4.78 is 17.3. The molecule has 0 spiro atoms. The summed E-state index contributed by atoms with van der Waals surface area (Å²) in [6, 6.07) is 22.1. The molecule has 184 valence electrons. The molecule has 8 nitrogen and oxygen atoms in total. The monoisotopic (exact) mass is 550 g/mol. The number of amides is 1. The normalized spacial score (nSPS) is 11.6. The van der Waals surface area contributed by atoms with E-state index in [1.807, 2.05) is 54.6 Å².